The highest BCUT2D eigenvalue weighted by Crippen LogP contribution is 2.39. The predicted octanol–water partition coefficient (Wildman–Crippen LogP) is 0.802. The Balaban J connectivity index is 2.34. The van der Waals surface area contributed by atoms with Crippen molar-refractivity contribution in [1.82, 2.24) is 0 Å². The second-order valence-electron chi connectivity index (χ2n) is 4.31. The van der Waals surface area contributed by atoms with Gasteiger partial charge in [0.1, 0.15) is 13.7 Å². The van der Waals surface area contributed by atoms with E-state index in [1.165, 1.54) is 12.8 Å². The molecular weight excluding hydrogens is 176 g/mol. The van der Waals surface area contributed by atoms with Crippen molar-refractivity contribution in [2.75, 3.05) is 0 Å². The number of hydrogen-bond acceptors (Lipinski definition) is 1. The topological polar surface area (TPSA) is 26.0 Å². The summed E-state index contributed by atoms with van der Waals surface area (Å²) in [7, 11) is 1.93. The number of halogens is 1. The largest absolute Gasteiger partial charge is 0.324 e. The van der Waals surface area contributed by atoms with Crippen molar-refractivity contribution in [2.45, 2.75) is 25.8 Å². The molecule has 0 bridgehead atoms. The fourth-order valence-electron chi connectivity index (χ4n) is 1.76. The predicted molar refractivity (Wildman–Crippen MR) is 59.0 cm³/mol. The molecule has 1 aromatic rings. The Bertz CT molecular complexity index is 337. The van der Waals surface area contributed by atoms with E-state index in [4.69, 9.17) is 5.73 Å². The summed E-state index contributed by atoms with van der Waals surface area (Å²) in [5.74, 6) is 0.451. The summed E-state index contributed by atoms with van der Waals surface area (Å²) >= 11 is 0. The summed E-state index contributed by atoms with van der Waals surface area (Å²) in [6.07, 6.45) is 2.38. The Morgan fingerprint density at radius 3 is 2.64 bits per heavy atom. The first-order valence-corrected chi connectivity index (χ1v) is 5.12. The minimum atomic E-state index is -0.129. The lowest BCUT2D eigenvalue weighted by molar-refractivity contribution is 0.597. The summed E-state index contributed by atoms with van der Waals surface area (Å²) in [6, 6.07) is 3.64. The van der Waals surface area contributed by atoms with E-state index in [1.54, 1.807) is 13.0 Å². The summed E-state index contributed by atoms with van der Waals surface area (Å²) in [4.78, 5) is 0. The van der Waals surface area contributed by atoms with Crippen LogP contribution in [0, 0.1) is 18.7 Å². The van der Waals surface area contributed by atoms with Crippen LogP contribution in [0.5, 0.6) is 0 Å². The quantitative estimate of drug-likeness (QED) is 0.687. The van der Waals surface area contributed by atoms with Crippen LogP contribution in [0.1, 0.15) is 30.0 Å². The van der Waals surface area contributed by atoms with E-state index in [2.05, 4.69) is 0 Å². The van der Waals surface area contributed by atoms with Gasteiger partial charge in [-0.3, -0.25) is 0 Å². The van der Waals surface area contributed by atoms with Gasteiger partial charge in [0.15, 0.2) is 0 Å². The van der Waals surface area contributed by atoms with Crippen molar-refractivity contribution in [3.05, 3.63) is 29.1 Å². The van der Waals surface area contributed by atoms with Gasteiger partial charge in [0.25, 0.3) is 0 Å². The fourth-order valence-corrected chi connectivity index (χ4v) is 1.76. The first kappa shape index (κ1) is 9.72. The molecule has 2 N–H and O–H groups in total. The van der Waals surface area contributed by atoms with Gasteiger partial charge < -0.3 is 5.73 Å². The highest BCUT2D eigenvalue weighted by Gasteiger charge is 2.29. The van der Waals surface area contributed by atoms with Gasteiger partial charge in [-0.05, 0) is 42.9 Å². The van der Waals surface area contributed by atoms with Gasteiger partial charge in [0.2, 0.25) is 0 Å². The standard InChI is InChI=1S/C11H15BFN/c1-6-9(12)4-8(5-10(6)13)11(14)7-2-3-7/h4-5,7,11H,2-3,12,14H2,1H3. The molecule has 1 atom stereocenters. The van der Waals surface area contributed by atoms with E-state index >= 15 is 0 Å². The molecule has 0 heterocycles. The van der Waals surface area contributed by atoms with Crippen LogP contribution >= 0.6 is 0 Å². The zero-order valence-corrected chi connectivity index (χ0v) is 8.68. The van der Waals surface area contributed by atoms with E-state index in [9.17, 15) is 4.39 Å². The van der Waals surface area contributed by atoms with Gasteiger partial charge in [-0.15, -0.1) is 0 Å². The molecule has 0 spiro atoms. The minimum absolute atomic E-state index is 0.0313. The van der Waals surface area contributed by atoms with Gasteiger partial charge in [0.05, 0.1) is 0 Å². The molecule has 1 aliphatic carbocycles. The summed E-state index contributed by atoms with van der Waals surface area (Å²) in [5.41, 5.74) is 8.70. The van der Waals surface area contributed by atoms with Crippen molar-refractivity contribution in [2.24, 2.45) is 11.7 Å². The van der Waals surface area contributed by atoms with Crippen LogP contribution in [0.4, 0.5) is 4.39 Å². The molecule has 1 fully saturated rings. The molecule has 14 heavy (non-hydrogen) atoms. The average molecular weight is 191 g/mol. The Morgan fingerprint density at radius 2 is 2.14 bits per heavy atom. The molecule has 1 saturated carbocycles. The SMILES string of the molecule is Bc1cc(C(N)C2CC2)cc(F)c1C. The van der Waals surface area contributed by atoms with Crippen LogP contribution in [0.3, 0.4) is 0 Å². The molecule has 74 valence electrons. The minimum Gasteiger partial charge on any atom is -0.324 e. The molecule has 0 saturated heterocycles. The van der Waals surface area contributed by atoms with Gasteiger partial charge in [0, 0.05) is 6.04 Å². The smallest absolute Gasteiger partial charge is 0.139 e. The Labute approximate surface area is 84.9 Å². The van der Waals surface area contributed by atoms with Crippen molar-refractivity contribution >= 4 is 13.3 Å². The Kier molecular flexibility index (Phi) is 2.35. The lowest BCUT2D eigenvalue weighted by Crippen LogP contribution is -2.18. The lowest BCUT2D eigenvalue weighted by Gasteiger charge is -2.13. The maximum absolute atomic E-state index is 13.4. The van der Waals surface area contributed by atoms with Crippen molar-refractivity contribution in [3.8, 4) is 0 Å². The van der Waals surface area contributed by atoms with Crippen molar-refractivity contribution < 1.29 is 4.39 Å². The van der Waals surface area contributed by atoms with E-state index in [0.717, 1.165) is 16.6 Å². The second-order valence-corrected chi connectivity index (χ2v) is 4.31. The number of rotatable bonds is 2. The fraction of sp³-hybridized carbons (Fsp3) is 0.455. The molecule has 1 nitrogen and oxygen atoms in total. The molecular formula is C11H15BFN. The molecule has 1 aliphatic rings. The van der Waals surface area contributed by atoms with E-state index < -0.39 is 0 Å². The maximum atomic E-state index is 13.4. The molecule has 0 aliphatic heterocycles. The Morgan fingerprint density at radius 1 is 1.50 bits per heavy atom. The third-order valence-corrected chi connectivity index (χ3v) is 3.14. The van der Waals surface area contributed by atoms with E-state index in [1.807, 2.05) is 13.9 Å². The van der Waals surface area contributed by atoms with Crippen LogP contribution in [0.15, 0.2) is 12.1 Å². The third kappa shape index (κ3) is 1.69. The first-order chi connectivity index (χ1) is 6.59. The summed E-state index contributed by atoms with van der Waals surface area (Å²) < 4.78 is 13.4. The van der Waals surface area contributed by atoms with E-state index in [0.29, 0.717) is 5.92 Å². The molecule has 1 unspecified atom stereocenters. The molecule has 0 aromatic heterocycles. The van der Waals surface area contributed by atoms with Gasteiger partial charge in [-0.1, -0.05) is 11.5 Å². The van der Waals surface area contributed by atoms with Crippen LogP contribution in [-0.2, 0) is 0 Å². The molecule has 0 amide bonds. The van der Waals surface area contributed by atoms with Crippen LogP contribution in [-0.4, -0.2) is 7.85 Å². The summed E-state index contributed by atoms with van der Waals surface area (Å²) in [6.45, 7) is 1.80. The molecule has 0 radical (unpaired) electrons. The highest BCUT2D eigenvalue weighted by atomic mass is 19.1. The lowest BCUT2D eigenvalue weighted by atomic mass is 9.87. The highest BCUT2D eigenvalue weighted by molar-refractivity contribution is 6.33. The van der Waals surface area contributed by atoms with Crippen LogP contribution < -0.4 is 11.2 Å². The summed E-state index contributed by atoms with van der Waals surface area (Å²) in [5, 5.41) is 0. The van der Waals surface area contributed by atoms with Gasteiger partial charge >= 0.3 is 0 Å². The Hall–Kier alpha value is -0.825. The van der Waals surface area contributed by atoms with Crippen LogP contribution in [0.2, 0.25) is 0 Å². The molecule has 2 rings (SSSR count). The average Bonchev–Trinajstić information content (AvgIpc) is 2.95. The zero-order chi connectivity index (χ0) is 10.3. The van der Waals surface area contributed by atoms with Crippen LogP contribution in [0.25, 0.3) is 0 Å². The zero-order valence-electron chi connectivity index (χ0n) is 8.68. The third-order valence-electron chi connectivity index (χ3n) is 3.14. The molecule has 1 aromatic carbocycles. The van der Waals surface area contributed by atoms with Gasteiger partial charge in [-0.25, -0.2) is 4.39 Å². The van der Waals surface area contributed by atoms with Crippen molar-refractivity contribution in [1.29, 1.82) is 0 Å². The number of nitrogens with two attached hydrogens (primary N) is 1. The number of benzene rings is 1. The second kappa shape index (κ2) is 3.39. The monoisotopic (exact) mass is 191 g/mol. The number of hydrogen-bond donors (Lipinski definition) is 1. The maximum Gasteiger partial charge on any atom is 0.139 e. The van der Waals surface area contributed by atoms with Gasteiger partial charge in [-0.2, -0.15) is 0 Å². The van der Waals surface area contributed by atoms with E-state index in [-0.39, 0.29) is 11.9 Å². The normalized spacial score (nSPS) is 18.2. The first-order valence-electron chi connectivity index (χ1n) is 5.12. The molecule has 3 heteroatoms. The van der Waals surface area contributed by atoms with Crippen molar-refractivity contribution in [3.63, 3.8) is 0 Å².